The van der Waals surface area contributed by atoms with Gasteiger partial charge in [-0.05, 0) is 68.4 Å². The molecule has 0 saturated carbocycles. The van der Waals surface area contributed by atoms with Gasteiger partial charge in [0.2, 0.25) is 82.7 Å². The van der Waals surface area contributed by atoms with E-state index in [1.807, 2.05) is 0 Å². The molecular weight excluding hydrogens is 1580 g/mol. The number of primary amides is 1. The zero-order valence-electron chi connectivity index (χ0n) is 65.5. The zero-order chi connectivity index (χ0) is 87.4. The minimum absolute atomic E-state index is 0.0299. The third kappa shape index (κ3) is 37.7. The second-order valence-corrected chi connectivity index (χ2v) is 29.8. The summed E-state index contributed by atoms with van der Waals surface area (Å²) in [5.41, 5.74) is 33.9. The lowest BCUT2D eigenvalue weighted by Crippen LogP contribution is -2.62. The fourth-order valence-electron chi connectivity index (χ4n) is 11.0. The number of aliphatic hydroxyl groups is 2. The SMILES string of the molecule is CC[C@H](C)[C@@H]1NC(=O)[C@H](CCCN=C(N)N)NC(=O)[C@@H](CC(=O)O)NC(=O)[C@H]([C@@H](C)CC)NC(=O)[C@H](CCCNC(N)=O)NC(=O)CNC(=O)CNC(=O)[C@@H](Cc2ccccc2)NC(=O)[C@@H](C)NC(=O)[C@@H](NC(=O)[C@H](CO)NC(=O)[C@@H](N)CO)CSSC[C@@H](C(=O)N[C@H](Cc2ccccc2)C(=O)N[C@H](CCCN=C(N)N)C(=O)O)NC1=O. The number of aliphatic imine (C=N–C) groups is 2. The van der Waals surface area contributed by atoms with Crippen LogP contribution in [-0.2, 0) is 89.6 Å². The van der Waals surface area contributed by atoms with Crippen molar-refractivity contribution in [2.45, 2.75) is 184 Å². The van der Waals surface area contributed by atoms with Gasteiger partial charge in [-0.1, -0.05) is 123 Å². The summed E-state index contributed by atoms with van der Waals surface area (Å²) < 4.78 is 0. The molecule has 1 saturated heterocycles. The number of nitrogens with one attached hydrogen (secondary N) is 15. The summed E-state index contributed by atoms with van der Waals surface area (Å²) in [6.07, 6.45) is -2.33. The predicted molar refractivity (Wildman–Crippen MR) is 428 cm³/mol. The lowest BCUT2D eigenvalue weighted by atomic mass is 9.96. The molecule has 117 heavy (non-hydrogen) atoms. The molecule has 1 heterocycles. The maximum absolute atomic E-state index is 15.2. The van der Waals surface area contributed by atoms with Crippen LogP contribution in [0.2, 0.25) is 0 Å². The molecule has 46 heteroatoms. The molecule has 0 radical (unpaired) electrons. The summed E-state index contributed by atoms with van der Waals surface area (Å²) in [7, 11) is 1.47. The van der Waals surface area contributed by atoms with Crippen LogP contribution in [0.3, 0.4) is 0 Å². The van der Waals surface area contributed by atoms with E-state index >= 15 is 9.59 Å². The molecule has 0 spiro atoms. The molecule has 2 aromatic carbocycles. The molecule has 2 aromatic rings. The number of benzene rings is 2. The van der Waals surface area contributed by atoms with Crippen LogP contribution in [0.15, 0.2) is 70.6 Å². The molecule has 31 N–H and O–H groups in total. The van der Waals surface area contributed by atoms with E-state index in [0.29, 0.717) is 11.1 Å². The number of carbonyl (C=O) groups is 17. The average Bonchev–Trinajstić information content (AvgIpc) is 0.852. The summed E-state index contributed by atoms with van der Waals surface area (Å²) in [5, 5.41) is 76.8. The van der Waals surface area contributed by atoms with Crippen molar-refractivity contribution in [2.75, 3.05) is 57.4 Å². The summed E-state index contributed by atoms with van der Waals surface area (Å²) >= 11 is 0. The molecule has 1 aliphatic rings. The number of guanidine groups is 2. The standard InChI is InChI=1S/C71H111N23O21S2/c1-6-36(3)54-66(111)89-47(29-53(99)100)62(107)85-43(22-14-24-78-69(73)74)60(105)94-55(37(4)7-2)67(112)92-50(65(110)88-46(28-40-19-12-9-13-20-40)61(106)86-44(68(113)114)23-16-25-79-70(75)76)35-117-116-34-49(91-63(108)48(33-96)90-57(102)41(72)32-95)64(109)83-38(5)56(101)87-45(27-39-17-10-8-11-18-39)58(103)82-30-51(97)81-31-52(98)84-42(59(104)93-54)21-15-26-80-71(77)115/h8-13,17-20,36-38,41-50,54-55,95-96H,6-7,14-16,21-35,72H2,1-5H3,(H,81,97)(H,82,103)(H,83,109)(H,84,98)(H,85,107)(H,86,106)(H,87,101)(H,88,110)(H,89,111)(H,90,102)(H,91,108)(H,92,112)(H,93,104)(H,94,105)(H,99,100)(H,113,114)(H4,73,74,78)(H4,75,76,79)(H3,77,80,115)/t36-,37-,38+,41-,42-,43-,44+,45+,46+,47+,48-,49-,50-,54-,55-/m0/s1. The van der Waals surface area contributed by atoms with Crippen molar-refractivity contribution in [3.8, 4) is 0 Å². The predicted octanol–water partition coefficient (Wildman–Crippen LogP) is -8.54. The third-order valence-electron chi connectivity index (χ3n) is 18.0. The van der Waals surface area contributed by atoms with Crippen LogP contribution in [0, 0.1) is 11.8 Å². The first-order valence-electron chi connectivity index (χ1n) is 37.5. The van der Waals surface area contributed by atoms with Gasteiger partial charge in [-0.25, -0.2) is 9.59 Å². The molecule has 0 aromatic heterocycles. The highest BCUT2D eigenvalue weighted by molar-refractivity contribution is 8.76. The molecule has 16 amide bonds. The number of amides is 16. The van der Waals surface area contributed by atoms with E-state index in [2.05, 4.69) is 89.7 Å². The van der Waals surface area contributed by atoms with Crippen molar-refractivity contribution in [1.82, 2.24) is 79.8 Å². The molecule has 0 aliphatic carbocycles. The number of hydrogen-bond donors (Lipinski definition) is 25. The van der Waals surface area contributed by atoms with Gasteiger partial charge in [0, 0.05) is 44.0 Å². The Kier molecular flexibility index (Phi) is 44.9. The normalized spacial score (nSPS) is 21.9. The van der Waals surface area contributed by atoms with E-state index < -0.39 is 235 Å². The van der Waals surface area contributed by atoms with E-state index in [4.69, 9.17) is 34.4 Å². The van der Waals surface area contributed by atoms with E-state index in [-0.39, 0.29) is 95.8 Å². The van der Waals surface area contributed by atoms with E-state index in [9.17, 15) is 92.3 Å². The Balaban J connectivity index is 2.38. The summed E-state index contributed by atoms with van der Waals surface area (Å²) in [5.74, 6) is -21.9. The van der Waals surface area contributed by atoms with Gasteiger partial charge in [0.05, 0.1) is 32.7 Å². The number of aliphatic hydroxyl groups excluding tert-OH is 2. The number of hydrogen-bond acceptors (Lipinski definition) is 24. The monoisotopic (exact) mass is 1690 g/mol. The van der Waals surface area contributed by atoms with Gasteiger partial charge >= 0.3 is 18.0 Å². The minimum atomic E-state index is -2.04. The first-order valence-corrected chi connectivity index (χ1v) is 40.0. The van der Waals surface area contributed by atoms with Crippen LogP contribution in [-0.4, -0.2) is 269 Å². The second kappa shape index (κ2) is 52.8. The molecule has 648 valence electrons. The van der Waals surface area contributed by atoms with Crippen molar-refractivity contribution in [1.29, 1.82) is 0 Å². The largest absolute Gasteiger partial charge is 0.481 e. The van der Waals surface area contributed by atoms with Crippen LogP contribution < -0.4 is 114 Å². The number of nitrogens with two attached hydrogens (primary N) is 6. The van der Waals surface area contributed by atoms with Gasteiger partial charge < -0.3 is 135 Å². The van der Waals surface area contributed by atoms with Gasteiger partial charge in [0.1, 0.15) is 78.5 Å². The number of carboxylic acids is 2. The van der Waals surface area contributed by atoms with Gasteiger partial charge in [-0.15, -0.1) is 0 Å². The lowest BCUT2D eigenvalue weighted by Gasteiger charge is -2.30. The quantitative estimate of drug-likeness (QED) is 0.0137. The lowest BCUT2D eigenvalue weighted by molar-refractivity contribution is -0.142. The van der Waals surface area contributed by atoms with Gasteiger partial charge in [-0.2, -0.15) is 0 Å². The number of carbonyl (C=O) groups excluding carboxylic acids is 15. The number of urea groups is 1. The highest BCUT2D eigenvalue weighted by Gasteiger charge is 2.39. The van der Waals surface area contributed by atoms with Crippen LogP contribution in [0.25, 0.3) is 0 Å². The van der Waals surface area contributed by atoms with Crippen LogP contribution in [0.4, 0.5) is 4.79 Å². The highest BCUT2D eigenvalue weighted by atomic mass is 33.1. The Labute approximate surface area is 682 Å². The molecule has 0 bridgehead atoms. The van der Waals surface area contributed by atoms with E-state index in [0.717, 1.165) is 21.6 Å². The van der Waals surface area contributed by atoms with Gasteiger partial charge in [-0.3, -0.25) is 81.9 Å². The number of aliphatic carboxylic acids is 2. The van der Waals surface area contributed by atoms with E-state index in [1.165, 1.54) is 20.8 Å². The van der Waals surface area contributed by atoms with Crippen molar-refractivity contribution in [3.05, 3.63) is 71.8 Å². The fourth-order valence-corrected chi connectivity index (χ4v) is 13.3. The molecule has 15 atom stereocenters. The Morgan fingerprint density at radius 3 is 1.61 bits per heavy atom. The Morgan fingerprint density at radius 2 is 1.05 bits per heavy atom. The fraction of sp³-hybridized carbons (Fsp3) is 0.563. The molecule has 1 aliphatic heterocycles. The second-order valence-electron chi connectivity index (χ2n) is 27.3. The summed E-state index contributed by atoms with van der Waals surface area (Å²) in [6.45, 7) is 3.46. The minimum Gasteiger partial charge on any atom is -0.481 e. The van der Waals surface area contributed by atoms with Crippen LogP contribution >= 0.6 is 21.6 Å². The molecule has 44 nitrogen and oxygen atoms in total. The van der Waals surface area contributed by atoms with Crippen LogP contribution in [0.5, 0.6) is 0 Å². The van der Waals surface area contributed by atoms with Crippen LogP contribution in [0.1, 0.15) is 104 Å². The first-order chi connectivity index (χ1) is 55.4. The number of nitrogens with zero attached hydrogens (tertiary/aromatic N) is 2. The Hall–Kier alpha value is -11.7. The van der Waals surface area contributed by atoms with Gasteiger partial charge in [0.15, 0.2) is 11.9 Å². The maximum atomic E-state index is 15.2. The van der Waals surface area contributed by atoms with Crippen molar-refractivity contribution in [2.24, 2.45) is 56.2 Å². The van der Waals surface area contributed by atoms with Crippen molar-refractivity contribution < 1.29 is 102 Å². The Morgan fingerprint density at radius 1 is 0.530 bits per heavy atom. The Bertz CT molecular complexity index is 3770. The maximum Gasteiger partial charge on any atom is 0.326 e. The molecule has 3 rings (SSSR count). The summed E-state index contributed by atoms with van der Waals surface area (Å²) in [6, 6.07) is -6.69. The highest BCUT2D eigenvalue weighted by Crippen LogP contribution is 2.25. The number of rotatable bonds is 33. The van der Waals surface area contributed by atoms with E-state index in [1.54, 1.807) is 74.5 Å². The average molecular weight is 1690 g/mol. The smallest absolute Gasteiger partial charge is 0.326 e. The topological polar surface area (TPSA) is 732 Å². The van der Waals surface area contributed by atoms with Crippen molar-refractivity contribution >= 4 is 134 Å². The van der Waals surface area contributed by atoms with Gasteiger partial charge in [0.25, 0.3) is 0 Å². The first kappa shape index (κ1) is 99.5. The summed E-state index contributed by atoms with van der Waals surface area (Å²) in [4.78, 5) is 244. The number of carboxylic acid groups (broad SMARTS) is 2. The third-order valence-corrected chi connectivity index (χ3v) is 20.4. The molecular formula is C71H111N23O21S2. The van der Waals surface area contributed by atoms with Crippen molar-refractivity contribution in [3.63, 3.8) is 0 Å². The zero-order valence-corrected chi connectivity index (χ0v) is 67.1. The molecule has 1 fully saturated rings. The molecule has 0 unspecified atom stereocenters.